The van der Waals surface area contributed by atoms with E-state index in [1.54, 1.807) is 14.2 Å². The summed E-state index contributed by atoms with van der Waals surface area (Å²) in [5.41, 5.74) is 8.54. The Morgan fingerprint density at radius 1 is 1.15 bits per heavy atom. The lowest BCUT2D eigenvalue weighted by atomic mass is 10.0. The fraction of sp³-hybridized carbons (Fsp3) is 0.625. The molecule has 0 aliphatic carbocycles. The van der Waals surface area contributed by atoms with Gasteiger partial charge >= 0.3 is 0 Å². The molecule has 1 rings (SSSR count). The van der Waals surface area contributed by atoms with Crippen molar-refractivity contribution in [2.45, 2.75) is 25.9 Å². The molecule has 0 spiro atoms. The molecule has 0 aliphatic rings. The fourth-order valence-electron chi connectivity index (χ4n) is 2.47. The molecule has 0 heterocycles. The van der Waals surface area contributed by atoms with Crippen molar-refractivity contribution in [1.82, 2.24) is 4.90 Å². The van der Waals surface area contributed by atoms with Crippen LogP contribution in [0.3, 0.4) is 0 Å². The van der Waals surface area contributed by atoms with Gasteiger partial charge < -0.3 is 15.2 Å². The summed E-state index contributed by atoms with van der Waals surface area (Å²) >= 11 is 0. The Labute approximate surface area is 122 Å². The van der Waals surface area contributed by atoms with Crippen LogP contribution in [-0.2, 0) is 9.47 Å². The predicted octanol–water partition coefficient (Wildman–Crippen LogP) is 1.98. The Hall–Kier alpha value is -0.940. The molecule has 0 saturated carbocycles. The van der Waals surface area contributed by atoms with Gasteiger partial charge in [-0.1, -0.05) is 29.8 Å². The van der Waals surface area contributed by atoms with Crippen molar-refractivity contribution in [3.05, 3.63) is 35.4 Å². The quantitative estimate of drug-likeness (QED) is 0.751. The van der Waals surface area contributed by atoms with Crippen LogP contribution in [0.2, 0.25) is 0 Å². The summed E-state index contributed by atoms with van der Waals surface area (Å²) in [5, 5.41) is 0. The van der Waals surface area contributed by atoms with Crippen LogP contribution in [0, 0.1) is 6.92 Å². The second-order valence-electron chi connectivity index (χ2n) is 5.20. The Kier molecular flexibility index (Phi) is 7.77. The third-order valence-electron chi connectivity index (χ3n) is 3.61. The second-order valence-corrected chi connectivity index (χ2v) is 5.20. The number of nitrogens with two attached hydrogens (primary N) is 1. The Morgan fingerprint density at radius 3 is 2.30 bits per heavy atom. The number of nitrogens with zero attached hydrogens (tertiary/aromatic N) is 1. The van der Waals surface area contributed by atoms with Crippen molar-refractivity contribution in [1.29, 1.82) is 0 Å². The van der Waals surface area contributed by atoms with E-state index in [1.165, 1.54) is 11.1 Å². The molecule has 0 amide bonds. The smallest absolute Gasteiger partial charge is 0.0615 e. The van der Waals surface area contributed by atoms with Gasteiger partial charge in [0.1, 0.15) is 0 Å². The van der Waals surface area contributed by atoms with Gasteiger partial charge in [-0.3, -0.25) is 4.90 Å². The summed E-state index contributed by atoms with van der Waals surface area (Å²) in [5.74, 6) is 0. The minimum absolute atomic E-state index is 0.191. The lowest BCUT2D eigenvalue weighted by Crippen LogP contribution is -2.43. The molecule has 20 heavy (non-hydrogen) atoms. The molecule has 0 aromatic heterocycles. The van der Waals surface area contributed by atoms with Crippen molar-refractivity contribution in [2.75, 3.05) is 40.5 Å². The fourth-order valence-corrected chi connectivity index (χ4v) is 2.47. The predicted molar refractivity (Wildman–Crippen MR) is 82.9 cm³/mol. The van der Waals surface area contributed by atoms with Gasteiger partial charge in [0.05, 0.1) is 13.2 Å². The lowest BCUT2D eigenvalue weighted by molar-refractivity contribution is 0.0487. The van der Waals surface area contributed by atoms with E-state index in [4.69, 9.17) is 15.2 Å². The van der Waals surface area contributed by atoms with E-state index >= 15 is 0 Å². The SMILES string of the molecule is COCCN(C(C)COC)C(CN)c1ccc(C)cc1. The molecule has 2 N–H and O–H groups in total. The van der Waals surface area contributed by atoms with Gasteiger partial charge in [-0.05, 0) is 19.4 Å². The highest BCUT2D eigenvalue weighted by molar-refractivity contribution is 5.24. The molecule has 2 atom stereocenters. The number of ether oxygens (including phenoxy) is 2. The molecule has 2 unspecified atom stereocenters. The van der Waals surface area contributed by atoms with Crippen LogP contribution in [-0.4, -0.2) is 51.5 Å². The summed E-state index contributed by atoms with van der Waals surface area (Å²) in [6.45, 7) is 7.06. The van der Waals surface area contributed by atoms with Gasteiger partial charge in [0.25, 0.3) is 0 Å². The van der Waals surface area contributed by atoms with Gasteiger partial charge in [-0.2, -0.15) is 0 Å². The van der Waals surface area contributed by atoms with Crippen molar-refractivity contribution in [3.8, 4) is 0 Å². The molecule has 0 bridgehead atoms. The van der Waals surface area contributed by atoms with Crippen LogP contribution in [0.1, 0.15) is 24.1 Å². The first kappa shape index (κ1) is 17.1. The first-order valence-corrected chi connectivity index (χ1v) is 7.14. The molecule has 4 nitrogen and oxygen atoms in total. The first-order valence-electron chi connectivity index (χ1n) is 7.14. The average molecular weight is 280 g/mol. The normalized spacial score (nSPS) is 14.5. The monoisotopic (exact) mass is 280 g/mol. The van der Waals surface area contributed by atoms with Gasteiger partial charge in [-0.25, -0.2) is 0 Å². The minimum atomic E-state index is 0.191. The van der Waals surface area contributed by atoms with E-state index in [-0.39, 0.29) is 6.04 Å². The van der Waals surface area contributed by atoms with E-state index in [0.29, 0.717) is 25.8 Å². The standard InChI is InChI=1S/C16H28N2O2/c1-13-5-7-15(8-6-13)16(11-17)18(9-10-19-3)14(2)12-20-4/h5-8,14,16H,9-12,17H2,1-4H3. The molecule has 0 fully saturated rings. The zero-order valence-electron chi connectivity index (χ0n) is 13.1. The number of benzene rings is 1. The summed E-state index contributed by atoms with van der Waals surface area (Å²) in [6, 6.07) is 9.07. The van der Waals surface area contributed by atoms with Gasteiger partial charge in [0, 0.05) is 39.4 Å². The maximum absolute atomic E-state index is 6.03. The highest BCUT2D eigenvalue weighted by Crippen LogP contribution is 2.22. The molecule has 4 heteroatoms. The molecular formula is C16H28N2O2. The first-order chi connectivity index (χ1) is 9.63. The molecule has 1 aromatic rings. The van der Waals surface area contributed by atoms with Crippen molar-refractivity contribution >= 4 is 0 Å². The van der Waals surface area contributed by atoms with Crippen molar-refractivity contribution in [3.63, 3.8) is 0 Å². The van der Waals surface area contributed by atoms with E-state index in [1.807, 2.05) is 0 Å². The van der Waals surface area contributed by atoms with Gasteiger partial charge in [-0.15, -0.1) is 0 Å². The number of methoxy groups -OCH3 is 2. The van der Waals surface area contributed by atoms with Gasteiger partial charge in [0.15, 0.2) is 0 Å². The number of hydrogen-bond acceptors (Lipinski definition) is 4. The maximum atomic E-state index is 6.03. The Morgan fingerprint density at radius 2 is 1.80 bits per heavy atom. The maximum Gasteiger partial charge on any atom is 0.0615 e. The van der Waals surface area contributed by atoms with E-state index in [2.05, 4.69) is 43.0 Å². The van der Waals surface area contributed by atoms with E-state index in [9.17, 15) is 0 Å². The van der Waals surface area contributed by atoms with E-state index in [0.717, 1.165) is 6.54 Å². The number of hydrogen-bond donors (Lipinski definition) is 1. The minimum Gasteiger partial charge on any atom is -0.383 e. The second kappa shape index (κ2) is 9.08. The Bertz CT molecular complexity index is 367. The highest BCUT2D eigenvalue weighted by atomic mass is 16.5. The molecule has 0 saturated heterocycles. The van der Waals surface area contributed by atoms with Crippen LogP contribution in [0.15, 0.2) is 24.3 Å². The molecule has 0 aliphatic heterocycles. The van der Waals surface area contributed by atoms with Crippen LogP contribution in [0.5, 0.6) is 0 Å². The summed E-state index contributed by atoms with van der Waals surface area (Å²) in [7, 11) is 3.46. The number of aryl methyl sites for hydroxylation is 1. The topological polar surface area (TPSA) is 47.7 Å². The third kappa shape index (κ3) is 4.87. The summed E-state index contributed by atoms with van der Waals surface area (Å²) in [4.78, 5) is 2.36. The van der Waals surface area contributed by atoms with Gasteiger partial charge in [0.2, 0.25) is 0 Å². The molecule has 1 aromatic carbocycles. The Balaban J connectivity index is 2.91. The van der Waals surface area contributed by atoms with Crippen LogP contribution >= 0.6 is 0 Å². The van der Waals surface area contributed by atoms with Crippen LogP contribution < -0.4 is 5.73 Å². The van der Waals surface area contributed by atoms with Crippen LogP contribution in [0.4, 0.5) is 0 Å². The van der Waals surface area contributed by atoms with Crippen LogP contribution in [0.25, 0.3) is 0 Å². The van der Waals surface area contributed by atoms with E-state index < -0.39 is 0 Å². The van der Waals surface area contributed by atoms with Crippen molar-refractivity contribution < 1.29 is 9.47 Å². The lowest BCUT2D eigenvalue weighted by Gasteiger charge is -2.36. The van der Waals surface area contributed by atoms with Crippen molar-refractivity contribution in [2.24, 2.45) is 5.73 Å². The molecule has 114 valence electrons. The largest absolute Gasteiger partial charge is 0.383 e. The molecular weight excluding hydrogens is 252 g/mol. The average Bonchev–Trinajstić information content (AvgIpc) is 2.45. The zero-order chi connectivity index (χ0) is 15.0. The zero-order valence-corrected chi connectivity index (χ0v) is 13.1. The third-order valence-corrected chi connectivity index (χ3v) is 3.61. The summed E-state index contributed by atoms with van der Waals surface area (Å²) < 4.78 is 10.5. The summed E-state index contributed by atoms with van der Waals surface area (Å²) in [6.07, 6.45) is 0. The molecule has 0 radical (unpaired) electrons. The highest BCUT2D eigenvalue weighted by Gasteiger charge is 2.23. The number of rotatable bonds is 9.